The average Bonchev–Trinajstić information content (AvgIpc) is 2.93. The van der Waals surface area contributed by atoms with E-state index >= 15 is 0 Å². The van der Waals surface area contributed by atoms with Crippen LogP contribution in [0.4, 0.5) is 10.5 Å². The minimum absolute atomic E-state index is 0.154. The molecule has 0 aliphatic carbocycles. The minimum atomic E-state index is -3.05. The Morgan fingerprint density at radius 1 is 1.04 bits per heavy atom. The summed E-state index contributed by atoms with van der Waals surface area (Å²) in [5, 5.41) is 5.03. The van der Waals surface area contributed by atoms with Gasteiger partial charge in [0.05, 0.1) is 16.7 Å². The van der Waals surface area contributed by atoms with Gasteiger partial charge in [-0.2, -0.15) is 0 Å². The van der Waals surface area contributed by atoms with Crippen molar-refractivity contribution in [3.8, 4) is 11.1 Å². The molecular weight excluding hydrogens is 324 g/mol. The zero-order chi connectivity index (χ0) is 17.0. The van der Waals surface area contributed by atoms with Crippen molar-refractivity contribution in [1.29, 1.82) is 0 Å². The van der Waals surface area contributed by atoms with Crippen molar-refractivity contribution >= 4 is 21.6 Å². The van der Waals surface area contributed by atoms with Gasteiger partial charge >= 0.3 is 6.03 Å². The third-order valence-corrected chi connectivity index (χ3v) is 6.49. The van der Waals surface area contributed by atoms with Gasteiger partial charge in [0, 0.05) is 12.1 Å². The number of nitrogens with one attached hydrogen (secondary N) is 2. The Morgan fingerprint density at radius 3 is 2.46 bits per heavy atom. The molecule has 1 fully saturated rings. The number of urea groups is 1. The van der Waals surface area contributed by atoms with Gasteiger partial charge in [0.15, 0.2) is 9.84 Å². The van der Waals surface area contributed by atoms with Crippen LogP contribution in [0.5, 0.6) is 0 Å². The molecule has 2 amide bonds. The quantitative estimate of drug-likeness (QED) is 0.895. The van der Waals surface area contributed by atoms with Crippen LogP contribution in [-0.4, -0.2) is 32.0 Å². The fraction of sp³-hybridized carbons (Fsp3) is 0.278. The summed E-state index contributed by atoms with van der Waals surface area (Å²) in [5.41, 5.74) is 2.61. The van der Waals surface area contributed by atoms with Crippen LogP contribution < -0.4 is 10.6 Å². The molecular formula is C18H20N2O3S. The number of sulfone groups is 1. The number of carbonyl (C=O) groups is 1. The summed E-state index contributed by atoms with van der Waals surface area (Å²) in [5.74, 6) is 0.220. The lowest BCUT2D eigenvalue weighted by atomic mass is 10.0. The first-order valence-corrected chi connectivity index (χ1v) is 9.69. The van der Waals surface area contributed by atoms with Gasteiger partial charge in [-0.3, -0.25) is 0 Å². The highest BCUT2D eigenvalue weighted by molar-refractivity contribution is 7.92. The average molecular weight is 344 g/mol. The van der Waals surface area contributed by atoms with E-state index in [-0.39, 0.29) is 18.3 Å². The van der Waals surface area contributed by atoms with Crippen LogP contribution in [0, 0.1) is 0 Å². The predicted molar refractivity (Wildman–Crippen MR) is 95.7 cm³/mol. The van der Waals surface area contributed by atoms with E-state index in [4.69, 9.17) is 0 Å². The number of para-hydroxylation sites is 1. The lowest BCUT2D eigenvalue weighted by Gasteiger charge is -2.14. The van der Waals surface area contributed by atoms with Crippen LogP contribution in [-0.2, 0) is 9.84 Å². The molecule has 0 spiro atoms. The molecule has 0 unspecified atom stereocenters. The summed E-state index contributed by atoms with van der Waals surface area (Å²) in [7, 11) is -3.05. The number of hydrogen-bond donors (Lipinski definition) is 2. The van der Waals surface area contributed by atoms with Crippen molar-refractivity contribution in [2.45, 2.75) is 18.1 Å². The molecule has 24 heavy (non-hydrogen) atoms. The standard InChI is InChI=1S/C18H20N2O3S/c21-18(19-13-15-9-6-12-24(15,22)23)20-17-11-5-4-10-16(17)14-7-2-1-3-8-14/h1-5,7-8,10-11,15H,6,9,12-13H2,(H2,19,20,21)/t15-/m1/s1. The van der Waals surface area contributed by atoms with Crippen molar-refractivity contribution in [3.05, 3.63) is 54.6 Å². The number of hydrogen-bond acceptors (Lipinski definition) is 3. The third-order valence-electron chi connectivity index (χ3n) is 4.21. The van der Waals surface area contributed by atoms with Crippen LogP contribution in [0.1, 0.15) is 12.8 Å². The number of carbonyl (C=O) groups excluding carboxylic acids is 1. The van der Waals surface area contributed by atoms with Crippen LogP contribution in [0.3, 0.4) is 0 Å². The van der Waals surface area contributed by atoms with Gasteiger partial charge in [0.1, 0.15) is 0 Å². The SMILES string of the molecule is O=C(NC[C@H]1CCCS1(=O)=O)Nc1ccccc1-c1ccccc1. The summed E-state index contributed by atoms with van der Waals surface area (Å²) in [6, 6.07) is 16.9. The molecule has 6 heteroatoms. The summed E-state index contributed by atoms with van der Waals surface area (Å²) in [6.07, 6.45) is 1.29. The van der Waals surface area contributed by atoms with E-state index in [1.807, 2.05) is 54.6 Å². The van der Waals surface area contributed by atoms with Gasteiger partial charge in [-0.15, -0.1) is 0 Å². The maximum Gasteiger partial charge on any atom is 0.319 e. The zero-order valence-corrected chi connectivity index (χ0v) is 14.1. The molecule has 1 aliphatic heterocycles. The molecule has 0 aromatic heterocycles. The molecule has 0 radical (unpaired) electrons. The molecule has 0 saturated carbocycles. The highest BCUT2D eigenvalue weighted by Gasteiger charge is 2.31. The second kappa shape index (κ2) is 7.05. The molecule has 2 N–H and O–H groups in total. The first-order valence-electron chi connectivity index (χ1n) is 7.97. The topological polar surface area (TPSA) is 75.3 Å². The van der Waals surface area contributed by atoms with Crippen LogP contribution >= 0.6 is 0 Å². The normalized spacial score (nSPS) is 18.9. The van der Waals surface area contributed by atoms with Crippen molar-refractivity contribution in [2.75, 3.05) is 17.6 Å². The van der Waals surface area contributed by atoms with E-state index in [1.165, 1.54) is 0 Å². The summed E-state index contributed by atoms with van der Waals surface area (Å²) < 4.78 is 23.6. The highest BCUT2D eigenvalue weighted by atomic mass is 32.2. The van der Waals surface area contributed by atoms with Gasteiger partial charge in [-0.05, 0) is 24.5 Å². The van der Waals surface area contributed by atoms with Gasteiger partial charge in [0.25, 0.3) is 0 Å². The first-order chi connectivity index (χ1) is 11.6. The minimum Gasteiger partial charge on any atom is -0.337 e. The second-order valence-electron chi connectivity index (χ2n) is 5.88. The summed E-state index contributed by atoms with van der Waals surface area (Å²) in [6.45, 7) is 0.154. The van der Waals surface area contributed by atoms with E-state index < -0.39 is 15.1 Å². The molecule has 0 bridgehead atoms. The Bertz CT molecular complexity index is 819. The zero-order valence-electron chi connectivity index (χ0n) is 13.2. The summed E-state index contributed by atoms with van der Waals surface area (Å²) >= 11 is 0. The van der Waals surface area contributed by atoms with E-state index in [1.54, 1.807) is 0 Å². The number of rotatable bonds is 4. The lowest BCUT2D eigenvalue weighted by Crippen LogP contribution is -2.37. The monoisotopic (exact) mass is 344 g/mol. The van der Waals surface area contributed by atoms with Crippen LogP contribution in [0.25, 0.3) is 11.1 Å². The van der Waals surface area contributed by atoms with Gasteiger partial charge in [0.2, 0.25) is 0 Å². The highest BCUT2D eigenvalue weighted by Crippen LogP contribution is 2.27. The molecule has 3 rings (SSSR count). The lowest BCUT2D eigenvalue weighted by molar-refractivity contribution is 0.252. The predicted octanol–water partition coefficient (Wildman–Crippen LogP) is 3.05. The molecule has 5 nitrogen and oxygen atoms in total. The van der Waals surface area contributed by atoms with E-state index in [0.717, 1.165) is 11.1 Å². The Balaban J connectivity index is 1.67. The van der Waals surface area contributed by atoms with Crippen LogP contribution in [0.15, 0.2) is 54.6 Å². The van der Waals surface area contributed by atoms with Crippen molar-refractivity contribution in [2.24, 2.45) is 0 Å². The van der Waals surface area contributed by atoms with Gasteiger partial charge in [-0.25, -0.2) is 13.2 Å². The van der Waals surface area contributed by atoms with E-state index in [0.29, 0.717) is 18.5 Å². The first kappa shape index (κ1) is 16.5. The van der Waals surface area contributed by atoms with Crippen molar-refractivity contribution < 1.29 is 13.2 Å². The molecule has 126 valence electrons. The largest absolute Gasteiger partial charge is 0.337 e. The molecule has 1 aliphatic rings. The Morgan fingerprint density at radius 2 is 1.75 bits per heavy atom. The number of anilines is 1. The van der Waals surface area contributed by atoms with Crippen molar-refractivity contribution in [1.82, 2.24) is 5.32 Å². The fourth-order valence-corrected chi connectivity index (χ4v) is 4.69. The van der Waals surface area contributed by atoms with Gasteiger partial charge in [-0.1, -0.05) is 48.5 Å². The maximum atomic E-state index is 12.1. The molecule has 1 atom stereocenters. The van der Waals surface area contributed by atoms with Gasteiger partial charge < -0.3 is 10.6 Å². The Hall–Kier alpha value is -2.34. The Labute approximate surface area is 142 Å². The molecule has 1 heterocycles. The number of benzene rings is 2. The van der Waals surface area contributed by atoms with E-state index in [9.17, 15) is 13.2 Å². The van der Waals surface area contributed by atoms with Crippen LogP contribution in [0.2, 0.25) is 0 Å². The summed E-state index contributed by atoms with van der Waals surface area (Å²) in [4.78, 5) is 12.1. The fourth-order valence-electron chi connectivity index (χ4n) is 2.92. The number of amides is 2. The van der Waals surface area contributed by atoms with Crippen molar-refractivity contribution in [3.63, 3.8) is 0 Å². The second-order valence-corrected chi connectivity index (χ2v) is 8.28. The molecule has 1 saturated heterocycles. The Kier molecular flexibility index (Phi) is 4.85. The molecule has 2 aromatic rings. The third kappa shape index (κ3) is 3.76. The molecule has 2 aromatic carbocycles. The maximum absolute atomic E-state index is 12.1. The van der Waals surface area contributed by atoms with E-state index in [2.05, 4.69) is 10.6 Å². The smallest absolute Gasteiger partial charge is 0.319 e.